The van der Waals surface area contributed by atoms with Gasteiger partial charge in [-0.3, -0.25) is 0 Å². The van der Waals surface area contributed by atoms with Gasteiger partial charge in [-0.2, -0.15) is 0 Å². The van der Waals surface area contributed by atoms with Gasteiger partial charge < -0.3 is 14.6 Å². The van der Waals surface area contributed by atoms with Crippen molar-refractivity contribution in [3.05, 3.63) is 59.4 Å². The molecule has 0 fully saturated rings. The number of aliphatic hydroxyl groups excluding tert-OH is 1. The van der Waals surface area contributed by atoms with Crippen molar-refractivity contribution in [3.8, 4) is 11.5 Å². The van der Waals surface area contributed by atoms with Gasteiger partial charge in [-0.15, -0.1) is 0 Å². The van der Waals surface area contributed by atoms with Crippen LogP contribution in [-0.2, 0) is 6.61 Å². The third-order valence-electron chi connectivity index (χ3n) is 3.00. The lowest BCUT2D eigenvalue weighted by molar-refractivity contribution is 0.189. The molecule has 0 aliphatic carbocycles. The van der Waals surface area contributed by atoms with Crippen LogP contribution in [0.15, 0.2) is 42.5 Å². The Bertz CT molecular complexity index is 582. The Morgan fingerprint density at radius 1 is 1.15 bits per heavy atom. The Kier molecular flexibility index (Phi) is 4.58. The minimum Gasteiger partial charge on any atom is -0.496 e. The molecule has 4 heteroatoms. The van der Waals surface area contributed by atoms with E-state index in [4.69, 9.17) is 9.47 Å². The number of benzene rings is 2. The van der Waals surface area contributed by atoms with Gasteiger partial charge in [-0.25, -0.2) is 4.39 Å². The van der Waals surface area contributed by atoms with Gasteiger partial charge in [0.25, 0.3) is 0 Å². The van der Waals surface area contributed by atoms with Gasteiger partial charge in [-0.05, 0) is 25.1 Å². The predicted molar refractivity (Wildman–Crippen MR) is 74.4 cm³/mol. The zero-order valence-corrected chi connectivity index (χ0v) is 11.5. The zero-order chi connectivity index (χ0) is 14.5. The highest BCUT2D eigenvalue weighted by molar-refractivity contribution is 5.37. The van der Waals surface area contributed by atoms with Gasteiger partial charge in [0.2, 0.25) is 0 Å². The number of aliphatic hydroxyl groups is 1. The van der Waals surface area contributed by atoms with Gasteiger partial charge in [-0.1, -0.05) is 18.2 Å². The van der Waals surface area contributed by atoms with Crippen LogP contribution in [-0.4, -0.2) is 12.2 Å². The van der Waals surface area contributed by atoms with E-state index >= 15 is 0 Å². The highest BCUT2D eigenvalue weighted by atomic mass is 19.1. The van der Waals surface area contributed by atoms with Crippen molar-refractivity contribution < 1.29 is 19.0 Å². The molecule has 3 nitrogen and oxygen atoms in total. The normalized spacial score (nSPS) is 12.0. The average molecular weight is 276 g/mol. The molecule has 2 rings (SSSR count). The van der Waals surface area contributed by atoms with Crippen LogP contribution in [0, 0.1) is 5.82 Å². The molecular weight excluding hydrogens is 259 g/mol. The standard InChI is InChI=1S/C16H17FO3/c1-11(18)14-8-7-13(17)9-16(14)20-10-12-5-3-4-6-15(12)19-2/h3-9,11,18H,10H2,1-2H3. The molecule has 0 heterocycles. The number of hydrogen-bond acceptors (Lipinski definition) is 3. The molecule has 0 aliphatic rings. The largest absolute Gasteiger partial charge is 0.496 e. The van der Waals surface area contributed by atoms with Crippen LogP contribution >= 0.6 is 0 Å². The highest BCUT2D eigenvalue weighted by Gasteiger charge is 2.11. The quantitative estimate of drug-likeness (QED) is 0.908. The van der Waals surface area contributed by atoms with Gasteiger partial charge in [0.15, 0.2) is 0 Å². The van der Waals surface area contributed by atoms with Crippen LogP contribution < -0.4 is 9.47 Å². The first-order valence-corrected chi connectivity index (χ1v) is 6.34. The molecular formula is C16H17FO3. The van der Waals surface area contributed by atoms with Crippen molar-refractivity contribution in [3.63, 3.8) is 0 Å². The lowest BCUT2D eigenvalue weighted by Crippen LogP contribution is -2.03. The fourth-order valence-electron chi connectivity index (χ4n) is 1.96. The van der Waals surface area contributed by atoms with Crippen LogP contribution in [0.1, 0.15) is 24.2 Å². The number of ether oxygens (including phenoxy) is 2. The Morgan fingerprint density at radius 3 is 2.60 bits per heavy atom. The number of rotatable bonds is 5. The van der Waals surface area contributed by atoms with E-state index in [2.05, 4.69) is 0 Å². The van der Waals surface area contributed by atoms with Crippen molar-refractivity contribution in [2.45, 2.75) is 19.6 Å². The topological polar surface area (TPSA) is 38.7 Å². The van der Waals surface area contributed by atoms with E-state index in [9.17, 15) is 9.50 Å². The summed E-state index contributed by atoms with van der Waals surface area (Å²) in [5.74, 6) is 0.651. The van der Waals surface area contributed by atoms with E-state index in [1.54, 1.807) is 14.0 Å². The van der Waals surface area contributed by atoms with Crippen molar-refractivity contribution in [1.29, 1.82) is 0 Å². The predicted octanol–water partition coefficient (Wildman–Crippen LogP) is 3.47. The molecule has 106 valence electrons. The number of methoxy groups -OCH3 is 1. The molecule has 0 saturated heterocycles. The molecule has 1 unspecified atom stereocenters. The zero-order valence-electron chi connectivity index (χ0n) is 11.5. The molecule has 1 N–H and O–H groups in total. The molecule has 2 aromatic rings. The van der Waals surface area contributed by atoms with E-state index in [0.717, 1.165) is 5.56 Å². The van der Waals surface area contributed by atoms with Crippen molar-refractivity contribution >= 4 is 0 Å². The summed E-state index contributed by atoms with van der Waals surface area (Å²) in [4.78, 5) is 0. The van der Waals surface area contributed by atoms with Gasteiger partial charge in [0, 0.05) is 17.2 Å². The molecule has 0 saturated carbocycles. The summed E-state index contributed by atoms with van der Waals surface area (Å²) in [5.41, 5.74) is 1.41. The third-order valence-corrected chi connectivity index (χ3v) is 3.00. The maximum atomic E-state index is 13.3. The Labute approximate surface area is 117 Å². The summed E-state index contributed by atoms with van der Waals surface area (Å²) in [6.45, 7) is 1.86. The average Bonchev–Trinajstić information content (AvgIpc) is 2.45. The van der Waals surface area contributed by atoms with Crippen LogP contribution in [0.3, 0.4) is 0 Å². The van der Waals surface area contributed by atoms with Crippen LogP contribution in [0.2, 0.25) is 0 Å². The second kappa shape index (κ2) is 6.39. The molecule has 0 bridgehead atoms. The fraction of sp³-hybridized carbons (Fsp3) is 0.250. The minimum atomic E-state index is -0.719. The van der Waals surface area contributed by atoms with Gasteiger partial charge in [0.1, 0.15) is 23.9 Å². The summed E-state index contributed by atoms with van der Waals surface area (Å²) in [7, 11) is 1.59. The maximum absolute atomic E-state index is 13.3. The SMILES string of the molecule is COc1ccccc1COc1cc(F)ccc1C(C)O. The Morgan fingerprint density at radius 2 is 1.90 bits per heavy atom. The first-order chi connectivity index (χ1) is 9.61. The van der Waals surface area contributed by atoms with Crippen LogP contribution in [0.5, 0.6) is 11.5 Å². The molecule has 0 aromatic heterocycles. The molecule has 0 spiro atoms. The molecule has 20 heavy (non-hydrogen) atoms. The minimum absolute atomic E-state index is 0.243. The lowest BCUT2D eigenvalue weighted by atomic mass is 10.1. The first kappa shape index (κ1) is 14.3. The lowest BCUT2D eigenvalue weighted by Gasteiger charge is -2.14. The fourth-order valence-corrected chi connectivity index (χ4v) is 1.96. The maximum Gasteiger partial charge on any atom is 0.128 e. The number of halogens is 1. The summed E-state index contributed by atoms with van der Waals surface area (Å²) in [6.07, 6.45) is -0.719. The first-order valence-electron chi connectivity index (χ1n) is 6.34. The van der Waals surface area contributed by atoms with Crippen molar-refractivity contribution in [2.24, 2.45) is 0 Å². The van der Waals surface area contributed by atoms with E-state index in [-0.39, 0.29) is 6.61 Å². The van der Waals surface area contributed by atoms with E-state index in [0.29, 0.717) is 17.1 Å². The monoisotopic (exact) mass is 276 g/mol. The number of hydrogen-bond donors (Lipinski definition) is 1. The Balaban J connectivity index is 2.20. The molecule has 1 atom stereocenters. The second-order valence-corrected chi connectivity index (χ2v) is 4.46. The number of para-hydroxylation sites is 1. The van der Waals surface area contributed by atoms with Crippen LogP contribution in [0.25, 0.3) is 0 Å². The molecule has 0 aliphatic heterocycles. The summed E-state index contributed by atoms with van der Waals surface area (Å²) in [6, 6.07) is 11.6. The van der Waals surface area contributed by atoms with Gasteiger partial charge in [0.05, 0.1) is 13.2 Å². The van der Waals surface area contributed by atoms with Crippen molar-refractivity contribution in [1.82, 2.24) is 0 Å². The van der Waals surface area contributed by atoms with E-state index in [1.165, 1.54) is 18.2 Å². The summed E-state index contributed by atoms with van der Waals surface area (Å²) in [5, 5.41) is 9.67. The van der Waals surface area contributed by atoms with Crippen molar-refractivity contribution in [2.75, 3.05) is 7.11 Å². The summed E-state index contributed by atoms with van der Waals surface area (Å²) >= 11 is 0. The van der Waals surface area contributed by atoms with E-state index in [1.807, 2.05) is 24.3 Å². The van der Waals surface area contributed by atoms with Gasteiger partial charge >= 0.3 is 0 Å². The molecule has 2 aromatic carbocycles. The van der Waals surface area contributed by atoms with E-state index < -0.39 is 11.9 Å². The smallest absolute Gasteiger partial charge is 0.128 e. The third kappa shape index (κ3) is 3.27. The molecule has 0 radical (unpaired) electrons. The highest BCUT2D eigenvalue weighted by Crippen LogP contribution is 2.28. The van der Waals surface area contributed by atoms with Crippen LogP contribution in [0.4, 0.5) is 4.39 Å². The Hall–Kier alpha value is -2.07. The second-order valence-electron chi connectivity index (χ2n) is 4.46. The molecule has 0 amide bonds. The summed E-state index contributed by atoms with van der Waals surface area (Å²) < 4.78 is 24.2.